The largest absolute Gasteiger partial charge is 0.353 e. The van der Waals surface area contributed by atoms with Crippen LogP contribution in [0.15, 0.2) is 0 Å². The minimum absolute atomic E-state index is 0.307. The van der Waals surface area contributed by atoms with Gasteiger partial charge in [0.05, 0.1) is 0 Å². The lowest BCUT2D eigenvalue weighted by atomic mass is 9.63. The second-order valence-corrected chi connectivity index (χ2v) is 7.38. The lowest BCUT2D eigenvalue weighted by Gasteiger charge is -2.42. The normalized spacial score (nSPS) is 36.1. The third-order valence-corrected chi connectivity index (χ3v) is 5.83. The molecule has 0 saturated heterocycles. The van der Waals surface area contributed by atoms with Gasteiger partial charge < -0.3 is 5.32 Å². The highest BCUT2D eigenvalue weighted by Gasteiger charge is 2.37. The average molecular weight is 265 g/mol. The van der Waals surface area contributed by atoms with E-state index in [-0.39, 0.29) is 0 Å². The highest BCUT2D eigenvalue weighted by Crippen LogP contribution is 2.43. The monoisotopic (exact) mass is 265 g/mol. The minimum Gasteiger partial charge on any atom is -0.353 e. The molecular weight excluding hydrogens is 234 g/mol. The van der Waals surface area contributed by atoms with Crippen LogP contribution in [-0.2, 0) is 4.79 Å². The molecule has 4 atom stereocenters. The maximum absolute atomic E-state index is 12.2. The van der Waals surface area contributed by atoms with Gasteiger partial charge in [0.1, 0.15) is 0 Å². The Morgan fingerprint density at radius 1 is 1.16 bits per heavy atom. The molecule has 0 heterocycles. The zero-order valence-electron chi connectivity index (χ0n) is 13.1. The van der Waals surface area contributed by atoms with Crippen molar-refractivity contribution in [2.45, 2.75) is 72.3 Å². The van der Waals surface area contributed by atoms with Gasteiger partial charge in [0.25, 0.3) is 0 Å². The quantitative estimate of drug-likeness (QED) is 0.818. The molecule has 2 aliphatic rings. The van der Waals surface area contributed by atoms with E-state index in [0.29, 0.717) is 29.7 Å². The minimum atomic E-state index is 0.307. The Morgan fingerprint density at radius 3 is 2.37 bits per heavy atom. The molecular formula is C17H31NO. The molecule has 1 N–H and O–H groups in total. The molecule has 19 heavy (non-hydrogen) atoms. The Morgan fingerprint density at radius 2 is 1.84 bits per heavy atom. The maximum atomic E-state index is 12.2. The van der Waals surface area contributed by atoms with Crippen molar-refractivity contribution in [1.29, 1.82) is 0 Å². The second-order valence-electron chi connectivity index (χ2n) is 7.38. The molecule has 0 aliphatic heterocycles. The zero-order valence-corrected chi connectivity index (χ0v) is 13.1. The SMILES string of the molecule is CC(C)[C@@H]1CC[C@@H](C)[C@@H](C)[C@H]1CC(=O)NC1CCC1. The van der Waals surface area contributed by atoms with E-state index >= 15 is 0 Å². The first-order valence-corrected chi connectivity index (χ1v) is 8.28. The highest BCUT2D eigenvalue weighted by atomic mass is 16.1. The second kappa shape index (κ2) is 6.28. The van der Waals surface area contributed by atoms with E-state index in [9.17, 15) is 4.79 Å². The number of carbonyl (C=O) groups is 1. The fraction of sp³-hybridized carbons (Fsp3) is 0.941. The molecule has 0 aromatic heterocycles. The smallest absolute Gasteiger partial charge is 0.220 e. The van der Waals surface area contributed by atoms with Crippen molar-refractivity contribution in [2.75, 3.05) is 0 Å². The van der Waals surface area contributed by atoms with Crippen LogP contribution in [-0.4, -0.2) is 11.9 Å². The fourth-order valence-corrected chi connectivity index (χ4v) is 3.96. The first-order chi connectivity index (χ1) is 8.99. The third kappa shape index (κ3) is 3.52. The van der Waals surface area contributed by atoms with Gasteiger partial charge in [0.15, 0.2) is 0 Å². The highest BCUT2D eigenvalue weighted by molar-refractivity contribution is 5.76. The Bertz CT molecular complexity index is 308. The number of rotatable bonds is 4. The van der Waals surface area contributed by atoms with E-state index in [0.717, 1.165) is 18.3 Å². The van der Waals surface area contributed by atoms with Crippen LogP contribution in [0.3, 0.4) is 0 Å². The van der Waals surface area contributed by atoms with Crippen LogP contribution in [0.4, 0.5) is 0 Å². The summed E-state index contributed by atoms with van der Waals surface area (Å²) in [6, 6.07) is 0.487. The van der Waals surface area contributed by atoms with E-state index in [2.05, 4.69) is 33.0 Å². The van der Waals surface area contributed by atoms with Crippen molar-refractivity contribution in [2.24, 2.45) is 29.6 Å². The number of hydrogen-bond acceptors (Lipinski definition) is 1. The van der Waals surface area contributed by atoms with Gasteiger partial charge in [-0.25, -0.2) is 0 Å². The molecule has 2 nitrogen and oxygen atoms in total. The molecule has 0 aromatic rings. The summed E-state index contributed by atoms with van der Waals surface area (Å²) in [6.07, 6.45) is 7.07. The molecule has 110 valence electrons. The molecule has 2 heteroatoms. The molecule has 2 aliphatic carbocycles. The first kappa shape index (κ1) is 14.9. The van der Waals surface area contributed by atoms with Crippen LogP contribution in [0.5, 0.6) is 0 Å². The van der Waals surface area contributed by atoms with E-state index in [1.54, 1.807) is 0 Å². The maximum Gasteiger partial charge on any atom is 0.220 e. The van der Waals surface area contributed by atoms with Crippen LogP contribution < -0.4 is 5.32 Å². The Labute approximate surface area is 118 Å². The predicted octanol–water partition coefficient (Wildman–Crippen LogP) is 4.00. The Kier molecular flexibility index (Phi) is 4.92. The van der Waals surface area contributed by atoms with Gasteiger partial charge in [0, 0.05) is 12.5 Å². The summed E-state index contributed by atoms with van der Waals surface area (Å²) in [5.41, 5.74) is 0. The van der Waals surface area contributed by atoms with Crippen LogP contribution in [0.25, 0.3) is 0 Å². The van der Waals surface area contributed by atoms with Crippen LogP contribution in [0.2, 0.25) is 0 Å². The molecule has 0 bridgehead atoms. The molecule has 2 fully saturated rings. The number of carbonyl (C=O) groups excluding carboxylic acids is 1. The van der Waals surface area contributed by atoms with E-state index in [1.165, 1.54) is 32.1 Å². The lowest BCUT2D eigenvalue weighted by Crippen LogP contribution is -2.43. The topological polar surface area (TPSA) is 29.1 Å². The van der Waals surface area contributed by atoms with Gasteiger partial charge in [-0.1, -0.05) is 34.1 Å². The molecule has 0 aromatic carbocycles. The van der Waals surface area contributed by atoms with Crippen molar-refractivity contribution in [3.05, 3.63) is 0 Å². The van der Waals surface area contributed by atoms with Crippen molar-refractivity contribution >= 4 is 5.91 Å². The van der Waals surface area contributed by atoms with Crippen molar-refractivity contribution in [1.82, 2.24) is 5.32 Å². The van der Waals surface area contributed by atoms with E-state index < -0.39 is 0 Å². The number of hydrogen-bond donors (Lipinski definition) is 1. The summed E-state index contributed by atoms with van der Waals surface area (Å²) in [5.74, 6) is 3.80. The lowest BCUT2D eigenvalue weighted by molar-refractivity contribution is -0.125. The van der Waals surface area contributed by atoms with Crippen molar-refractivity contribution in [3.8, 4) is 0 Å². The summed E-state index contributed by atoms with van der Waals surface area (Å²) in [7, 11) is 0. The summed E-state index contributed by atoms with van der Waals surface area (Å²) in [5, 5.41) is 3.22. The summed E-state index contributed by atoms with van der Waals surface area (Å²) < 4.78 is 0. The summed E-state index contributed by atoms with van der Waals surface area (Å²) in [6.45, 7) is 9.37. The number of nitrogens with one attached hydrogen (secondary N) is 1. The van der Waals surface area contributed by atoms with Gasteiger partial charge in [-0.05, 0) is 55.3 Å². The average Bonchev–Trinajstić information content (AvgIpc) is 2.29. The van der Waals surface area contributed by atoms with Crippen molar-refractivity contribution < 1.29 is 4.79 Å². The predicted molar refractivity (Wildman–Crippen MR) is 79.8 cm³/mol. The molecule has 2 rings (SSSR count). The van der Waals surface area contributed by atoms with E-state index in [1.807, 2.05) is 0 Å². The molecule has 0 unspecified atom stereocenters. The molecule has 0 radical (unpaired) electrons. The van der Waals surface area contributed by atoms with Gasteiger partial charge in [0.2, 0.25) is 5.91 Å². The number of amides is 1. The third-order valence-electron chi connectivity index (χ3n) is 5.83. The van der Waals surface area contributed by atoms with Gasteiger partial charge in [-0.2, -0.15) is 0 Å². The van der Waals surface area contributed by atoms with Crippen LogP contribution >= 0.6 is 0 Å². The van der Waals surface area contributed by atoms with Gasteiger partial charge >= 0.3 is 0 Å². The molecule has 2 saturated carbocycles. The first-order valence-electron chi connectivity index (χ1n) is 8.28. The zero-order chi connectivity index (χ0) is 14.0. The molecule has 1 amide bonds. The Hall–Kier alpha value is -0.530. The van der Waals surface area contributed by atoms with Gasteiger partial charge in [-0.3, -0.25) is 4.79 Å². The molecule has 0 spiro atoms. The van der Waals surface area contributed by atoms with Gasteiger partial charge in [-0.15, -0.1) is 0 Å². The van der Waals surface area contributed by atoms with E-state index in [4.69, 9.17) is 0 Å². The fourth-order valence-electron chi connectivity index (χ4n) is 3.96. The standard InChI is InChI=1S/C17H31NO/c1-11(2)15-9-8-12(3)13(4)16(15)10-17(19)18-14-6-5-7-14/h11-16H,5-10H2,1-4H3,(H,18,19)/t12-,13-,15+,16-/m1/s1. The van der Waals surface area contributed by atoms with Crippen LogP contribution in [0.1, 0.15) is 66.2 Å². The van der Waals surface area contributed by atoms with Crippen molar-refractivity contribution in [3.63, 3.8) is 0 Å². The summed E-state index contributed by atoms with van der Waals surface area (Å²) in [4.78, 5) is 12.2. The Balaban J connectivity index is 1.93. The van der Waals surface area contributed by atoms with Crippen LogP contribution in [0, 0.1) is 29.6 Å². The summed E-state index contributed by atoms with van der Waals surface area (Å²) >= 11 is 0.